The van der Waals surface area contributed by atoms with Crippen LogP contribution in [0.25, 0.3) is 0 Å². The highest BCUT2D eigenvalue weighted by atomic mass is 15.1. The van der Waals surface area contributed by atoms with Gasteiger partial charge < -0.3 is 10.6 Å². The van der Waals surface area contributed by atoms with E-state index in [1.807, 2.05) is 0 Å². The molecule has 0 saturated heterocycles. The van der Waals surface area contributed by atoms with Crippen molar-refractivity contribution in [3.8, 4) is 0 Å². The van der Waals surface area contributed by atoms with Gasteiger partial charge in [0.05, 0.1) is 0 Å². The second-order valence-corrected chi connectivity index (χ2v) is 6.19. The highest BCUT2D eigenvalue weighted by Crippen LogP contribution is 2.48. The summed E-state index contributed by atoms with van der Waals surface area (Å²) in [6.45, 7) is 1.86. The number of hydrogen-bond donors (Lipinski definition) is 1. The summed E-state index contributed by atoms with van der Waals surface area (Å²) < 4.78 is 0. The Bertz CT molecular complexity index is 398. The van der Waals surface area contributed by atoms with Crippen molar-refractivity contribution in [2.75, 3.05) is 18.5 Å². The lowest BCUT2D eigenvalue weighted by Gasteiger charge is -2.28. The van der Waals surface area contributed by atoms with E-state index in [-0.39, 0.29) is 0 Å². The van der Waals surface area contributed by atoms with Crippen molar-refractivity contribution in [2.24, 2.45) is 23.5 Å². The molecule has 3 rings (SSSR count). The van der Waals surface area contributed by atoms with Crippen LogP contribution >= 0.6 is 0 Å². The summed E-state index contributed by atoms with van der Waals surface area (Å²) in [6.07, 6.45) is 5.95. The Morgan fingerprint density at radius 2 is 1.94 bits per heavy atom. The van der Waals surface area contributed by atoms with E-state index < -0.39 is 0 Å². The normalized spacial score (nSPS) is 29.8. The van der Waals surface area contributed by atoms with Gasteiger partial charge in [-0.15, -0.1) is 0 Å². The maximum atomic E-state index is 5.64. The minimum absolute atomic E-state index is 0.635. The maximum Gasteiger partial charge on any atom is 0.0363 e. The van der Waals surface area contributed by atoms with Crippen LogP contribution in [0.1, 0.15) is 31.2 Å². The van der Waals surface area contributed by atoms with Gasteiger partial charge in [-0.25, -0.2) is 0 Å². The smallest absolute Gasteiger partial charge is 0.0363 e. The third-order valence-corrected chi connectivity index (χ3v) is 5.01. The molecule has 2 heteroatoms. The Kier molecular flexibility index (Phi) is 3.29. The summed E-state index contributed by atoms with van der Waals surface area (Å²) >= 11 is 0. The third-order valence-electron chi connectivity index (χ3n) is 5.01. The highest BCUT2D eigenvalue weighted by Gasteiger charge is 2.39. The third kappa shape index (κ3) is 2.26. The van der Waals surface area contributed by atoms with E-state index in [0.29, 0.717) is 6.54 Å². The molecule has 0 radical (unpaired) electrons. The quantitative estimate of drug-likeness (QED) is 0.882. The molecule has 0 heterocycles. The first-order chi connectivity index (χ1) is 8.76. The van der Waals surface area contributed by atoms with Crippen LogP contribution in [0.5, 0.6) is 0 Å². The number of hydrogen-bond acceptors (Lipinski definition) is 2. The van der Waals surface area contributed by atoms with Crippen molar-refractivity contribution in [1.29, 1.82) is 0 Å². The van der Waals surface area contributed by atoms with E-state index in [4.69, 9.17) is 5.73 Å². The molecule has 2 fully saturated rings. The molecule has 1 aromatic carbocycles. The molecule has 2 N–H and O–H groups in total. The Morgan fingerprint density at radius 3 is 2.50 bits per heavy atom. The SMILES string of the molecule is CN(CC1CC2CCC1C2)c1ccc(CN)cc1. The molecule has 0 spiro atoms. The summed E-state index contributed by atoms with van der Waals surface area (Å²) in [4.78, 5) is 2.42. The molecular formula is C16H24N2. The van der Waals surface area contributed by atoms with Gasteiger partial charge in [0, 0.05) is 25.8 Å². The average molecular weight is 244 g/mol. The van der Waals surface area contributed by atoms with Crippen molar-refractivity contribution < 1.29 is 0 Å². The first-order valence-corrected chi connectivity index (χ1v) is 7.26. The van der Waals surface area contributed by atoms with Crippen molar-refractivity contribution in [2.45, 2.75) is 32.2 Å². The fourth-order valence-corrected chi connectivity index (χ4v) is 3.94. The summed E-state index contributed by atoms with van der Waals surface area (Å²) in [7, 11) is 2.23. The van der Waals surface area contributed by atoms with Crippen LogP contribution in [0.3, 0.4) is 0 Å². The topological polar surface area (TPSA) is 29.3 Å². The molecule has 2 nitrogen and oxygen atoms in total. The predicted octanol–water partition coefficient (Wildman–Crippen LogP) is 3.02. The van der Waals surface area contributed by atoms with Gasteiger partial charge in [0.2, 0.25) is 0 Å². The van der Waals surface area contributed by atoms with Crippen LogP contribution in [0.15, 0.2) is 24.3 Å². The van der Waals surface area contributed by atoms with E-state index in [9.17, 15) is 0 Å². The van der Waals surface area contributed by atoms with Crippen LogP contribution < -0.4 is 10.6 Å². The molecule has 0 aromatic heterocycles. The summed E-state index contributed by atoms with van der Waals surface area (Å²) in [5.41, 5.74) is 8.18. The van der Waals surface area contributed by atoms with Gasteiger partial charge in [-0.3, -0.25) is 0 Å². The van der Waals surface area contributed by atoms with Crippen LogP contribution in [0, 0.1) is 17.8 Å². The summed E-state index contributed by atoms with van der Waals surface area (Å²) in [6, 6.07) is 8.70. The van der Waals surface area contributed by atoms with Crippen LogP contribution in [0.4, 0.5) is 5.69 Å². The van der Waals surface area contributed by atoms with Crippen LogP contribution in [-0.2, 0) is 6.54 Å². The second-order valence-electron chi connectivity index (χ2n) is 6.19. The molecule has 0 amide bonds. The lowest BCUT2D eigenvalue weighted by molar-refractivity contribution is 0.337. The number of anilines is 1. The van der Waals surface area contributed by atoms with Gasteiger partial charge in [0.15, 0.2) is 0 Å². The van der Waals surface area contributed by atoms with Crippen LogP contribution in [0.2, 0.25) is 0 Å². The molecule has 1 aromatic rings. The molecule has 2 saturated carbocycles. The summed E-state index contributed by atoms with van der Waals surface area (Å²) in [5, 5.41) is 0. The van der Waals surface area contributed by atoms with Gasteiger partial charge in [-0.05, 0) is 54.7 Å². The molecule has 2 bridgehead atoms. The monoisotopic (exact) mass is 244 g/mol. The second kappa shape index (κ2) is 4.93. The van der Waals surface area contributed by atoms with Gasteiger partial charge in [-0.1, -0.05) is 18.6 Å². The number of nitrogens with zero attached hydrogens (tertiary/aromatic N) is 1. The first kappa shape index (κ1) is 12.0. The lowest BCUT2D eigenvalue weighted by Crippen LogP contribution is -2.28. The zero-order valence-corrected chi connectivity index (χ0v) is 11.3. The van der Waals surface area contributed by atoms with Gasteiger partial charge in [0.25, 0.3) is 0 Å². The van der Waals surface area contributed by atoms with E-state index in [0.717, 1.165) is 17.8 Å². The fraction of sp³-hybridized carbons (Fsp3) is 0.625. The largest absolute Gasteiger partial charge is 0.374 e. The molecule has 2 aliphatic carbocycles. The molecule has 98 valence electrons. The molecular weight excluding hydrogens is 220 g/mol. The fourth-order valence-electron chi connectivity index (χ4n) is 3.94. The Hall–Kier alpha value is -1.02. The minimum atomic E-state index is 0.635. The van der Waals surface area contributed by atoms with E-state index in [2.05, 4.69) is 36.2 Å². The van der Waals surface area contributed by atoms with Gasteiger partial charge >= 0.3 is 0 Å². The number of rotatable bonds is 4. The standard InChI is InChI=1S/C16H24N2/c1-18(16-6-3-12(10-17)4-7-16)11-15-9-13-2-5-14(15)8-13/h3-4,6-7,13-15H,2,5,8-11,17H2,1H3. The van der Waals surface area contributed by atoms with Crippen LogP contribution in [-0.4, -0.2) is 13.6 Å². The summed E-state index contributed by atoms with van der Waals surface area (Å²) in [5.74, 6) is 3.00. The van der Waals surface area contributed by atoms with Gasteiger partial charge in [0.1, 0.15) is 0 Å². The van der Waals surface area contributed by atoms with E-state index in [1.165, 1.54) is 43.5 Å². The van der Waals surface area contributed by atoms with Crippen molar-refractivity contribution in [3.63, 3.8) is 0 Å². The molecule has 3 unspecified atom stereocenters. The molecule has 2 aliphatic rings. The maximum absolute atomic E-state index is 5.64. The zero-order chi connectivity index (χ0) is 12.5. The zero-order valence-electron chi connectivity index (χ0n) is 11.3. The highest BCUT2D eigenvalue weighted by molar-refractivity contribution is 5.47. The number of nitrogens with two attached hydrogens (primary N) is 1. The Balaban J connectivity index is 1.62. The predicted molar refractivity (Wildman–Crippen MR) is 76.5 cm³/mol. The molecule has 3 atom stereocenters. The van der Waals surface area contributed by atoms with E-state index >= 15 is 0 Å². The van der Waals surface area contributed by atoms with Crippen molar-refractivity contribution in [1.82, 2.24) is 0 Å². The number of fused-ring (bicyclic) bond motifs is 2. The lowest BCUT2D eigenvalue weighted by atomic mass is 9.88. The molecule has 18 heavy (non-hydrogen) atoms. The Morgan fingerprint density at radius 1 is 1.17 bits per heavy atom. The van der Waals surface area contributed by atoms with Crippen molar-refractivity contribution >= 4 is 5.69 Å². The first-order valence-electron chi connectivity index (χ1n) is 7.26. The van der Waals surface area contributed by atoms with Crippen molar-refractivity contribution in [3.05, 3.63) is 29.8 Å². The molecule has 0 aliphatic heterocycles. The average Bonchev–Trinajstić information content (AvgIpc) is 3.01. The minimum Gasteiger partial charge on any atom is -0.374 e. The Labute approximate surface area is 110 Å². The van der Waals surface area contributed by atoms with E-state index in [1.54, 1.807) is 0 Å². The number of benzene rings is 1. The van der Waals surface area contributed by atoms with Gasteiger partial charge in [-0.2, -0.15) is 0 Å².